The van der Waals surface area contributed by atoms with Crippen LogP contribution in [0.3, 0.4) is 0 Å². The van der Waals surface area contributed by atoms with Crippen molar-refractivity contribution in [2.75, 3.05) is 11.9 Å². The predicted octanol–water partition coefficient (Wildman–Crippen LogP) is 5.05. The van der Waals surface area contributed by atoms with Gasteiger partial charge >= 0.3 is 0 Å². The van der Waals surface area contributed by atoms with Gasteiger partial charge in [0.25, 0.3) is 0 Å². The van der Waals surface area contributed by atoms with E-state index in [1.807, 2.05) is 12.1 Å². The zero-order valence-corrected chi connectivity index (χ0v) is 12.2. The summed E-state index contributed by atoms with van der Waals surface area (Å²) in [5.41, 5.74) is 2.57. The molecule has 2 rings (SSSR count). The molecular weight excluding hydrogens is 286 g/mol. The molecule has 0 bridgehead atoms. The number of hydrogen-bond acceptors (Lipinski definition) is 1. The summed E-state index contributed by atoms with van der Waals surface area (Å²) in [5.74, 6) is 0.584. The Labute approximate surface area is 117 Å². The van der Waals surface area contributed by atoms with Crippen molar-refractivity contribution in [1.29, 1.82) is 0 Å². The highest BCUT2D eigenvalue weighted by molar-refractivity contribution is 9.10. The fourth-order valence-electron chi connectivity index (χ4n) is 1.98. The molecule has 0 aliphatic rings. The minimum absolute atomic E-state index is 0.584. The average Bonchev–Trinajstić information content (AvgIpc) is 2.42. The Morgan fingerprint density at radius 3 is 2.39 bits per heavy atom. The third-order valence-electron chi connectivity index (χ3n) is 3.14. The van der Waals surface area contributed by atoms with Crippen LogP contribution in [-0.4, -0.2) is 6.54 Å². The molecule has 2 heteroatoms. The van der Waals surface area contributed by atoms with Crippen LogP contribution < -0.4 is 5.32 Å². The second-order valence-electron chi connectivity index (χ2n) is 4.51. The molecule has 0 saturated carbocycles. The maximum absolute atomic E-state index is 3.55. The molecule has 1 atom stereocenters. The molecule has 0 saturated heterocycles. The fraction of sp³-hybridized carbons (Fsp3) is 0.250. The molecule has 94 valence electrons. The predicted molar refractivity (Wildman–Crippen MR) is 82.1 cm³/mol. The van der Waals surface area contributed by atoms with Crippen molar-refractivity contribution in [3.8, 4) is 0 Å². The Morgan fingerprint density at radius 2 is 1.67 bits per heavy atom. The summed E-state index contributed by atoms with van der Waals surface area (Å²) < 4.78 is 1.12. The highest BCUT2D eigenvalue weighted by atomic mass is 79.9. The summed E-state index contributed by atoms with van der Waals surface area (Å²) in [6, 6.07) is 18.9. The van der Waals surface area contributed by atoms with Gasteiger partial charge in [0.15, 0.2) is 0 Å². The van der Waals surface area contributed by atoms with Gasteiger partial charge in [-0.05, 0) is 46.0 Å². The summed E-state index contributed by atoms with van der Waals surface area (Å²) in [6.45, 7) is 3.26. The molecule has 2 aromatic rings. The van der Waals surface area contributed by atoms with Crippen molar-refractivity contribution in [2.45, 2.75) is 19.3 Å². The van der Waals surface area contributed by atoms with Gasteiger partial charge in [-0.25, -0.2) is 0 Å². The van der Waals surface area contributed by atoms with E-state index in [0.717, 1.165) is 23.1 Å². The average molecular weight is 304 g/mol. The first-order valence-electron chi connectivity index (χ1n) is 6.30. The van der Waals surface area contributed by atoms with E-state index >= 15 is 0 Å². The number of benzene rings is 2. The zero-order chi connectivity index (χ0) is 12.8. The van der Waals surface area contributed by atoms with Crippen molar-refractivity contribution in [2.24, 2.45) is 0 Å². The molecule has 0 radical (unpaired) electrons. The lowest BCUT2D eigenvalue weighted by atomic mass is 9.98. The van der Waals surface area contributed by atoms with Gasteiger partial charge in [-0.1, -0.05) is 49.4 Å². The molecular formula is C16H18BrN. The van der Waals surface area contributed by atoms with E-state index in [1.54, 1.807) is 0 Å². The topological polar surface area (TPSA) is 12.0 Å². The van der Waals surface area contributed by atoms with Crippen LogP contribution in [0, 0.1) is 0 Å². The Bertz CT molecular complexity index is 481. The van der Waals surface area contributed by atoms with Gasteiger partial charge in [0.2, 0.25) is 0 Å². The minimum Gasteiger partial charge on any atom is -0.384 e. The highest BCUT2D eigenvalue weighted by Crippen LogP contribution is 2.23. The lowest BCUT2D eigenvalue weighted by molar-refractivity contribution is 0.706. The summed E-state index contributed by atoms with van der Waals surface area (Å²) in [6.07, 6.45) is 1.13. The molecule has 1 nitrogen and oxygen atoms in total. The third-order valence-corrected chi connectivity index (χ3v) is 3.83. The van der Waals surface area contributed by atoms with E-state index < -0.39 is 0 Å². The maximum Gasteiger partial charge on any atom is 0.0484 e. The standard InChI is InChI=1S/C16H18BrN/c1-13(14-7-3-2-4-8-14)11-12-18-16-10-6-5-9-15(16)17/h2-10,13,18H,11-12H2,1H3. The Hall–Kier alpha value is -1.28. The fourth-order valence-corrected chi connectivity index (χ4v) is 2.40. The maximum atomic E-state index is 3.55. The van der Waals surface area contributed by atoms with E-state index in [4.69, 9.17) is 0 Å². The monoisotopic (exact) mass is 303 g/mol. The lowest BCUT2D eigenvalue weighted by Gasteiger charge is -2.13. The molecule has 2 aromatic carbocycles. The van der Waals surface area contributed by atoms with Gasteiger partial charge in [-0.2, -0.15) is 0 Å². The van der Waals surface area contributed by atoms with Crippen LogP contribution >= 0.6 is 15.9 Å². The number of nitrogens with one attached hydrogen (secondary N) is 1. The molecule has 0 aliphatic carbocycles. The largest absolute Gasteiger partial charge is 0.384 e. The van der Waals surface area contributed by atoms with Crippen LogP contribution in [-0.2, 0) is 0 Å². The van der Waals surface area contributed by atoms with Gasteiger partial charge in [0.1, 0.15) is 0 Å². The van der Waals surface area contributed by atoms with Crippen molar-refractivity contribution in [3.05, 3.63) is 64.6 Å². The number of para-hydroxylation sites is 1. The third kappa shape index (κ3) is 3.61. The number of halogens is 1. The Morgan fingerprint density at radius 1 is 1.00 bits per heavy atom. The first kappa shape index (κ1) is 13.2. The molecule has 1 N–H and O–H groups in total. The van der Waals surface area contributed by atoms with Gasteiger partial charge in [-0.15, -0.1) is 0 Å². The molecule has 0 aromatic heterocycles. The zero-order valence-electron chi connectivity index (χ0n) is 10.6. The lowest BCUT2D eigenvalue weighted by Crippen LogP contribution is -2.06. The van der Waals surface area contributed by atoms with E-state index in [9.17, 15) is 0 Å². The molecule has 1 unspecified atom stereocenters. The van der Waals surface area contributed by atoms with Crippen molar-refractivity contribution in [3.63, 3.8) is 0 Å². The van der Waals surface area contributed by atoms with E-state index in [2.05, 4.69) is 70.6 Å². The molecule has 0 fully saturated rings. The molecule has 0 aliphatic heterocycles. The van der Waals surface area contributed by atoms with Crippen molar-refractivity contribution >= 4 is 21.6 Å². The van der Waals surface area contributed by atoms with Gasteiger partial charge in [0, 0.05) is 16.7 Å². The second kappa shape index (κ2) is 6.60. The quantitative estimate of drug-likeness (QED) is 0.814. The van der Waals surface area contributed by atoms with Crippen LogP contribution in [0.5, 0.6) is 0 Å². The molecule has 18 heavy (non-hydrogen) atoms. The number of rotatable bonds is 5. The van der Waals surface area contributed by atoms with Gasteiger partial charge in [0.05, 0.1) is 0 Å². The molecule has 0 spiro atoms. The van der Waals surface area contributed by atoms with Crippen molar-refractivity contribution < 1.29 is 0 Å². The summed E-state index contributed by atoms with van der Waals surface area (Å²) >= 11 is 3.55. The van der Waals surface area contributed by atoms with Crippen LogP contribution in [0.2, 0.25) is 0 Å². The van der Waals surface area contributed by atoms with E-state index in [-0.39, 0.29) is 0 Å². The molecule has 0 amide bonds. The van der Waals surface area contributed by atoms with Gasteiger partial charge in [-0.3, -0.25) is 0 Å². The number of hydrogen-bond donors (Lipinski definition) is 1. The second-order valence-corrected chi connectivity index (χ2v) is 5.36. The van der Waals surface area contributed by atoms with Gasteiger partial charge < -0.3 is 5.32 Å². The smallest absolute Gasteiger partial charge is 0.0484 e. The normalized spacial score (nSPS) is 12.1. The Kier molecular flexibility index (Phi) is 4.82. The van der Waals surface area contributed by atoms with Crippen LogP contribution in [0.25, 0.3) is 0 Å². The van der Waals surface area contributed by atoms with Crippen molar-refractivity contribution in [1.82, 2.24) is 0 Å². The van der Waals surface area contributed by atoms with Crippen LogP contribution in [0.4, 0.5) is 5.69 Å². The van der Waals surface area contributed by atoms with E-state index in [1.165, 1.54) is 5.56 Å². The van der Waals surface area contributed by atoms with E-state index in [0.29, 0.717) is 5.92 Å². The first-order valence-corrected chi connectivity index (χ1v) is 7.10. The summed E-state index contributed by atoms with van der Waals surface area (Å²) in [4.78, 5) is 0. The SMILES string of the molecule is CC(CCNc1ccccc1Br)c1ccccc1. The number of anilines is 1. The minimum atomic E-state index is 0.584. The summed E-state index contributed by atoms with van der Waals surface area (Å²) in [7, 11) is 0. The summed E-state index contributed by atoms with van der Waals surface area (Å²) in [5, 5.41) is 3.47. The highest BCUT2D eigenvalue weighted by Gasteiger charge is 2.04. The first-order chi connectivity index (χ1) is 8.77. The van der Waals surface area contributed by atoms with Crippen LogP contribution in [0.1, 0.15) is 24.8 Å². The Balaban J connectivity index is 1.84. The van der Waals surface area contributed by atoms with Crippen LogP contribution in [0.15, 0.2) is 59.1 Å². The molecule has 0 heterocycles.